The van der Waals surface area contributed by atoms with Crippen LogP contribution in [-0.2, 0) is 6.42 Å². The van der Waals surface area contributed by atoms with Gasteiger partial charge in [-0.1, -0.05) is 105 Å². The normalized spacial score (nSPS) is 14.8. The summed E-state index contributed by atoms with van der Waals surface area (Å²) in [4.78, 5) is 10.9. The predicted molar refractivity (Wildman–Crippen MR) is 121 cm³/mol. The summed E-state index contributed by atoms with van der Waals surface area (Å²) in [6.07, 6.45) is 13.3. The van der Waals surface area contributed by atoms with E-state index in [0.29, 0.717) is 11.5 Å². The first kappa shape index (κ1) is 24.7. The maximum absolute atomic E-state index is 10.9. The van der Waals surface area contributed by atoms with Gasteiger partial charge in [-0.05, 0) is 47.8 Å². The molecule has 0 aliphatic carbocycles. The van der Waals surface area contributed by atoms with Gasteiger partial charge in [0.2, 0.25) is 0 Å². The highest BCUT2D eigenvalue weighted by Gasteiger charge is 2.09. The van der Waals surface area contributed by atoms with E-state index in [4.69, 9.17) is 5.11 Å². The first-order valence-corrected chi connectivity index (χ1v) is 11.6. The van der Waals surface area contributed by atoms with E-state index in [1.54, 1.807) is 12.1 Å². The second-order valence-electron chi connectivity index (χ2n) is 9.71. The Kier molecular flexibility index (Phi) is 12.2. The largest absolute Gasteiger partial charge is 0.478 e. The van der Waals surface area contributed by atoms with Crippen LogP contribution in [0, 0.1) is 23.7 Å². The van der Waals surface area contributed by atoms with Gasteiger partial charge in [0.05, 0.1) is 5.56 Å². The predicted octanol–water partition coefficient (Wildman–Crippen LogP) is 8.00. The Bertz CT molecular complexity index is 532. The van der Waals surface area contributed by atoms with E-state index in [9.17, 15) is 4.79 Å². The smallest absolute Gasteiger partial charge is 0.335 e. The lowest BCUT2D eigenvalue weighted by Gasteiger charge is -2.16. The van der Waals surface area contributed by atoms with Crippen molar-refractivity contribution in [2.45, 2.75) is 98.8 Å². The third-order valence-corrected chi connectivity index (χ3v) is 6.05. The number of hydrogen-bond donors (Lipinski definition) is 1. The van der Waals surface area contributed by atoms with Crippen LogP contribution in [-0.4, -0.2) is 11.1 Å². The van der Waals surface area contributed by atoms with Crippen LogP contribution in [0.15, 0.2) is 24.3 Å². The molecule has 1 aromatic carbocycles. The summed E-state index contributed by atoms with van der Waals surface area (Å²) in [5.41, 5.74) is 1.62. The van der Waals surface area contributed by atoms with Crippen LogP contribution < -0.4 is 0 Å². The summed E-state index contributed by atoms with van der Waals surface area (Å²) < 4.78 is 0. The van der Waals surface area contributed by atoms with Crippen LogP contribution in [0.25, 0.3) is 0 Å². The molecule has 160 valence electrons. The van der Waals surface area contributed by atoms with Crippen molar-refractivity contribution in [3.8, 4) is 0 Å². The summed E-state index contributed by atoms with van der Waals surface area (Å²) in [6.45, 7) is 11.8. The van der Waals surface area contributed by atoms with E-state index in [-0.39, 0.29) is 0 Å². The molecule has 2 nitrogen and oxygen atoms in total. The van der Waals surface area contributed by atoms with Gasteiger partial charge in [-0.3, -0.25) is 0 Å². The molecule has 1 aromatic rings. The molecule has 0 saturated heterocycles. The van der Waals surface area contributed by atoms with Crippen molar-refractivity contribution in [1.82, 2.24) is 0 Å². The van der Waals surface area contributed by atoms with Crippen LogP contribution >= 0.6 is 0 Å². The fraction of sp³-hybridized carbons (Fsp3) is 0.731. The molecule has 0 fully saturated rings. The fourth-order valence-corrected chi connectivity index (χ4v) is 4.08. The summed E-state index contributed by atoms with van der Waals surface area (Å²) in [5.74, 6) is 2.38. The number of rotatable bonds is 15. The highest BCUT2D eigenvalue weighted by Crippen LogP contribution is 2.23. The van der Waals surface area contributed by atoms with Crippen molar-refractivity contribution in [1.29, 1.82) is 0 Å². The fourth-order valence-electron chi connectivity index (χ4n) is 4.08. The average molecular weight is 389 g/mol. The highest BCUT2D eigenvalue weighted by molar-refractivity contribution is 5.87. The molecule has 0 radical (unpaired) electrons. The number of benzene rings is 1. The monoisotopic (exact) mass is 388 g/mol. The zero-order valence-electron chi connectivity index (χ0n) is 19.0. The van der Waals surface area contributed by atoms with Gasteiger partial charge in [-0.2, -0.15) is 0 Å². The van der Waals surface area contributed by atoms with Crippen LogP contribution in [0.2, 0.25) is 0 Å². The molecule has 0 spiro atoms. The van der Waals surface area contributed by atoms with Gasteiger partial charge in [0, 0.05) is 0 Å². The van der Waals surface area contributed by atoms with Crippen LogP contribution in [0.1, 0.15) is 108 Å². The number of carboxylic acids is 1. The molecule has 28 heavy (non-hydrogen) atoms. The first-order valence-electron chi connectivity index (χ1n) is 11.6. The molecule has 1 N–H and O–H groups in total. The van der Waals surface area contributed by atoms with Gasteiger partial charge in [-0.15, -0.1) is 0 Å². The van der Waals surface area contributed by atoms with Crippen LogP contribution in [0.3, 0.4) is 0 Å². The van der Waals surface area contributed by atoms with Gasteiger partial charge >= 0.3 is 5.97 Å². The Morgan fingerprint density at radius 2 is 1.14 bits per heavy atom. The lowest BCUT2D eigenvalue weighted by atomic mass is 9.90. The quantitative estimate of drug-likeness (QED) is 0.330. The molecule has 0 amide bonds. The van der Waals surface area contributed by atoms with E-state index in [1.165, 1.54) is 63.4 Å². The molecule has 3 unspecified atom stereocenters. The van der Waals surface area contributed by atoms with Crippen molar-refractivity contribution < 1.29 is 9.90 Å². The van der Waals surface area contributed by atoms with Crippen LogP contribution in [0.5, 0.6) is 0 Å². The lowest BCUT2D eigenvalue weighted by Crippen LogP contribution is -2.03. The van der Waals surface area contributed by atoms with E-state index in [2.05, 4.69) is 34.6 Å². The van der Waals surface area contributed by atoms with Crippen molar-refractivity contribution in [3.05, 3.63) is 35.4 Å². The van der Waals surface area contributed by atoms with E-state index in [1.807, 2.05) is 12.1 Å². The maximum atomic E-state index is 10.9. The molecule has 1 rings (SSSR count). The molecule has 3 atom stereocenters. The molecule has 0 saturated carbocycles. The van der Waals surface area contributed by atoms with E-state index < -0.39 is 5.97 Å². The maximum Gasteiger partial charge on any atom is 0.335 e. The van der Waals surface area contributed by atoms with Crippen LogP contribution in [0.4, 0.5) is 0 Å². The zero-order chi connectivity index (χ0) is 20.9. The SMILES string of the molecule is CC(C)CCCC(C)CCCC(C)CCCC(C)Cc1ccc(C(=O)O)cc1. The molecule has 0 aliphatic rings. The average Bonchev–Trinajstić information content (AvgIpc) is 2.61. The van der Waals surface area contributed by atoms with Crippen molar-refractivity contribution in [2.24, 2.45) is 23.7 Å². The number of aromatic carboxylic acids is 1. The molecule has 0 bridgehead atoms. The Hall–Kier alpha value is -1.31. The third kappa shape index (κ3) is 11.5. The Morgan fingerprint density at radius 3 is 1.57 bits per heavy atom. The second kappa shape index (κ2) is 13.8. The van der Waals surface area contributed by atoms with Gasteiger partial charge < -0.3 is 5.11 Å². The molecule has 0 aliphatic heterocycles. The van der Waals surface area contributed by atoms with Crippen molar-refractivity contribution in [2.75, 3.05) is 0 Å². The van der Waals surface area contributed by atoms with Crippen molar-refractivity contribution >= 4 is 5.97 Å². The highest BCUT2D eigenvalue weighted by atomic mass is 16.4. The molecule has 0 aromatic heterocycles. The second-order valence-corrected chi connectivity index (χ2v) is 9.71. The number of carbonyl (C=O) groups is 1. The summed E-state index contributed by atoms with van der Waals surface area (Å²) in [7, 11) is 0. The van der Waals surface area contributed by atoms with Gasteiger partial charge in [0.15, 0.2) is 0 Å². The molecule has 0 heterocycles. The van der Waals surface area contributed by atoms with Gasteiger partial charge in [0.25, 0.3) is 0 Å². The minimum Gasteiger partial charge on any atom is -0.478 e. The number of carboxylic acid groups (broad SMARTS) is 1. The summed E-state index contributed by atoms with van der Waals surface area (Å²) in [6, 6.07) is 7.36. The van der Waals surface area contributed by atoms with E-state index >= 15 is 0 Å². The topological polar surface area (TPSA) is 37.3 Å². The first-order chi connectivity index (χ1) is 13.3. The molecular formula is C26H44O2. The minimum atomic E-state index is -0.849. The number of hydrogen-bond acceptors (Lipinski definition) is 1. The van der Waals surface area contributed by atoms with E-state index in [0.717, 1.165) is 24.2 Å². The lowest BCUT2D eigenvalue weighted by molar-refractivity contribution is 0.0697. The Morgan fingerprint density at radius 1 is 0.714 bits per heavy atom. The van der Waals surface area contributed by atoms with Gasteiger partial charge in [0.1, 0.15) is 0 Å². The molecular weight excluding hydrogens is 344 g/mol. The van der Waals surface area contributed by atoms with Crippen molar-refractivity contribution in [3.63, 3.8) is 0 Å². The Balaban J connectivity index is 2.11. The third-order valence-electron chi connectivity index (χ3n) is 6.05. The summed E-state index contributed by atoms with van der Waals surface area (Å²) >= 11 is 0. The zero-order valence-corrected chi connectivity index (χ0v) is 19.0. The minimum absolute atomic E-state index is 0.375. The summed E-state index contributed by atoms with van der Waals surface area (Å²) in [5, 5.41) is 8.98. The molecule has 2 heteroatoms. The Labute approximate surface area is 174 Å². The van der Waals surface area contributed by atoms with Gasteiger partial charge in [-0.25, -0.2) is 4.79 Å². The standard InChI is InChI=1S/C26H44O2/c1-20(2)9-6-10-21(3)11-7-12-22(4)13-8-14-23(5)19-24-15-17-25(18-16-24)26(27)28/h15-18,20-23H,6-14,19H2,1-5H3,(H,27,28).